The van der Waals surface area contributed by atoms with E-state index in [0.717, 1.165) is 12.8 Å². The Hall–Kier alpha value is -0.790. The van der Waals surface area contributed by atoms with Gasteiger partial charge in [-0.3, -0.25) is 4.79 Å². The van der Waals surface area contributed by atoms with Gasteiger partial charge in [0.15, 0.2) is 0 Å². The molecule has 0 heterocycles. The average Bonchev–Trinajstić information content (AvgIpc) is 2.57. The molecule has 2 nitrogen and oxygen atoms in total. The van der Waals surface area contributed by atoms with Gasteiger partial charge in [0.1, 0.15) is 0 Å². The number of carbonyl (C=O) groups excluding carboxylic acids is 1. The van der Waals surface area contributed by atoms with Crippen LogP contribution in [0.2, 0.25) is 0 Å². The summed E-state index contributed by atoms with van der Waals surface area (Å²) in [6.07, 6.45) is 24.9. The van der Waals surface area contributed by atoms with Crippen molar-refractivity contribution in [3.63, 3.8) is 0 Å². The first-order valence-electron chi connectivity index (χ1n) is 10.0. The van der Waals surface area contributed by atoms with Crippen molar-refractivity contribution in [2.45, 2.75) is 110 Å². The highest BCUT2D eigenvalue weighted by Crippen LogP contribution is 2.11. The number of hydrogen-bond donors (Lipinski definition) is 0. The van der Waals surface area contributed by atoms with Gasteiger partial charge in [-0.15, -0.1) is 0 Å². The Labute approximate surface area is 145 Å². The van der Waals surface area contributed by atoms with E-state index in [4.69, 9.17) is 0 Å². The van der Waals surface area contributed by atoms with Crippen molar-refractivity contribution in [2.24, 2.45) is 0 Å². The molecule has 0 saturated carbocycles. The van der Waals surface area contributed by atoms with Gasteiger partial charge in [-0.1, -0.05) is 83.3 Å². The van der Waals surface area contributed by atoms with Crippen LogP contribution in [-0.4, -0.2) is 13.1 Å². The highest BCUT2D eigenvalue weighted by molar-refractivity contribution is 5.68. The zero-order chi connectivity index (χ0) is 17.0. The van der Waals surface area contributed by atoms with Crippen molar-refractivity contribution < 1.29 is 9.53 Å². The lowest BCUT2D eigenvalue weighted by atomic mass is 10.1. The van der Waals surface area contributed by atoms with Crippen LogP contribution in [0.15, 0.2) is 12.2 Å². The van der Waals surface area contributed by atoms with E-state index in [-0.39, 0.29) is 5.97 Å². The third kappa shape index (κ3) is 19.2. The molecule has 0 aliphatic heterocycles. The molecule has 136 valence electrons. The Morgan fingerprint density at radius 1 is 0.696 bits per heavy atom. The zero-order valence-electron chi connectivity index (χ0n) is 15.8. The van der Waals surface area contributed by atoms with E-state index in [9.17, 15) is 4.79 Å². The Bertz CT molecular complexity index is 271. The smallest absolute Gasteiger partial charge is 0.305 e. The van der Waals surface area contributed by atoms with Crippen LogP contribution < -0.4 is 0 Å². The van der Waals surface area contributed by atoms with Crippen LogP contribution in [0.4, 0.5) is 0 Å². The molecule has 0 saturated heterocycles. The molecule has 0 aliphatic rings. The molecule has 2 heteroatoms. The van der Waals surface area contributed by atoms with Crippen molar-refractivity contribution in [3.05, 3.63) is 12.2 Å². The summed E-state index contributed by atoms with van der Waals surface area (Å²) < 4.78 is 4.63. The van der Waals surface area contributed by atoms with E-state index >= 15 is 0 Å². The number of hydrogen-bond acceptors (Lipinski definition) is 2. The first-order valence-corrected chi connectivity index (χ1v) is 10.0. The molecule has 0 N–H and O–H groups in total. The van der Waals surface area contributed by atoms with E-state index in [0.29, 0.717) is 6.42 Å². The third-order valence-corrected chi connectivity index (χ3v) is 4.37. The van der Waals surface area contributed by atoms with Crippen molar-refractivity contribution in [1.29, 1.82) is 0 Å². The lowest BCUT2D eigenvalue weighted by molar-refractivity contribution is -0.140. The van der Waals surface area contributed by atoms with Crippen LogP contribution in [0.3, 0.4) is 0 Å². The number of carbonyl (C=O) groups is 1. The highest BCUT2D eigenvalue weighted by Gasteiger charge is 1.98. The van der Waals surface area contributed by atoms with Gasteiger partial charge in [0.2, 0.25) is 0 Å². The van der Waals surface area contributed by atoms with Gasteiger partial charge in [-0.05, 0) is 32.1 Å². The summed E-state index contributed by atoms with van der Waals surface area (Å²) in [7, 11) is 1.46. The van der Waals surface area contributed by atoms with E-state index < -0.39 is 0 Å². The third-order valence-electron chi connectivity index (χ3n) is 4.37. The molecule has 0 fully saturated rings. The van der Waals surface area contributed by atoms with Gasteiger partial charge in [0.25, 0.3) is 0 Å². The van der Waals surface area contributed by atoms with Crippen molar-refractivity contribution >= 4 is 5.97 Å². The van der Waals surface area contributed by atoms with Crippen LogP contribution >= 0.6 is 0 Å². The first-order chi connectivity index (χ1) is 11.3. The molecule has 23 heavy (non-hydrogen) atoms. The molecule has 0 aromatic carbocycles. The Morgan fingerprint density at radius 2 is 1.13 bits per heavy atom. The number of allylic oxidation sites excluding steroid dienone is 2. The minimum Gasteiger partial charge on any atom is -0.469 e. The van der Waals surface area contributed by atoms with Gasteiger partial charge in [-0.25, -0.2) is 0 Å². The molecule has 0 aromatic rings. The molecule has 0 bridgehead atoms. The number of esters is 1. The van der Waals surface area contributed by atoms with E-state index in [1.165, 1.54) is 90.6 Å². The standard InChI is InChI=1S/C21H40O2/c1-3-4-5-6-7-8-9-10-11-12-13-14-15-16-17-18-19-20-21(22)23-2/h10-11H,3-9,12-20H2,1-2H3. The van der Waals surface area contributed by atoms with Crippen molar-refractivity contribution in [2.75, 3.05) is 7.11 Å². The summed E-state index contributed by atoms with van der Waals surface area (Å²) in [5, 5.41) is 0. The Morgan fingerprint density at radius 3 is 1.61 bits per heavy atom. The maximum atomic E-state index is 10.9. The molecule has 0 spiro atoms. The number of methoxy groups -OCH3 is 1. The van der Waals surface area contributed by atoms with E-state index in [2.05, 4.69) is 23.8 Å². The zero-order valence-corrected chi connectivity index (χ0v) is 15.8. The Kier molecular flexibility index (Phi) is 18.6. The summed E-state index contributed by atoms with van der Waals surface area (Å²) in [5.74, 6) is -0.0715. The summed E-state index contributed by atoms with van der Waals surface area (Å²) >= 11 is 0. The summed E-state index contributed by atoms with van der Waals surface area (Å²) in [4.78, 5) is 10.9. The average molecular weight is 325 g/mol. The molecule has 0 atom stereocenters. The molecule has 0 rings (SSSR count). The topological polar surface area (TPSA) is 26.3 Å². The molecule has 0 aromatic heterocycles. The quantitative estimate of drug-likeness (QED) is 0.164. The van der Waals surface area contributed by atoms with Gasteiger partial charge in [0, 0.05) is 6.42 Å². The molecule has 0 unspecified atom stereocenters. The normalized spacial score (nSPS) is 11.2. The lowest BCUT2D eigenvalue weighted by Crippen LogP contribution is -1.99. The fraction of sp³-hybridized carbons (Fsp3) is 0.857. The number of rotatable bonds is 17. The molecule has 0 aliphatic carbocycles. The van der Waals surface area contributed by atoms with E-state index in [1.54, 1.807) is 0 Å². The van der Waals surface area contributed by atoms with Crippen LogP contribution in [-0.2, 0) is 9.53 Å². The lowest BCUT2D eigenvalue weighted by Gasteiger charge is -2.01. The molecule has 0 radical (unpaired) electrons. The van der Waals surface area contributed by atoms with Crippen molar-refractivity contribution in [1.82, 2.24) is 0 Å². The highest BCUT2D eigenvalue weighted by atomic mass is 16.5. The summed E-state index contributed by atoms with van der Waals surface area (Å²) in [6, 6.07) is 0. The van der Waals surface area contributed by atoms with Crippen molar-refractivity contribution in [3.8, 4) is 0 Å². The minimum absolute atomic E-state index is 0.0715. The van der Waals surface area contributed by atoms with Crippen LogP contribution in [0.5, 0.6) is 0 Å². The maximum absolute atomic E-state index is 10.9. The second-order valence-electron chi connectivity index (χ2n) is 6.62. The largest absolute Gasteiger partial charge is 0.469 e. The fourth-order valence-corrected chi connectivity index (χ4v) is 2.80. The van der Waals surface area contributed by atoms with Crippen LogP contribution in [0, 0.1) is 0 Å². The van der Waals surface area contributed by atoms with Gasteiger partial charge in [-0.2, -0.15) is 0 Å². The Balaban J connectivity index is 3.09. The second kappa shape index (κ2) is 19.3. The predicted molar refractivity (Wildman–Crippen MR) is 101 cm³/mol. The number of ether oxygens (including phenoxy) is 1. The monoisotopic (exact) mass is 324 g/mol. The predicted octanol–water partition coefficient (Wildman–Crippen LogP) is 6.98. The fourth-order valence-electron chi connectivity index (χ4n) is 2.80. The first kappa shape index (κ1) is 22.2. The molecule has 0 amide bonds. The molecular formula is C21H40O2. The summed E-state index contributed by atoms with van der Waals surface area (Å²) in [6.45, 7) is 2.27. The van der Waals surface area contributed by atoms with Gasteiger partial charge >= 0.3 is 5.97 Å². The number of unbranched alkanes of at least 4 members (excludes halogenated alkanes) is 13. The molecular weight excluding hydrogens is 284 g/mol. The van der Waals surface area contributed by atoms with Crippen LogP contribution in [0.1, 0.15) is 110 Å². The SMILES string of the molecule is CCCCCCCCC=CCCCCCCCCCC(=O)OC. The maximum Gasteiger partial charge on any atom is 0.305 e. The second-order valence-corrected chi connectivity index (χ2v) is 6.62. The van der Waals surface area contributed by atoms with Crippen LogP contribution in [0.25, 0.3) is 0 Å². The van der Waals surface area contributed by atoms with Gasteiger partial charge in [0.05, 0.1) is 7.11 Å². The van der Waals surface area contributed by atoms with Gasteiger partial charge < -0.3 is 4.74 Å². The summed E-state index contributed by atoms with van der Waals surface area (Å²) in [5.41, 5.74) is 0. The van der Waals surface area contributed by atoms with E-state index in [1.807, 2.05) is 0 Å². The minimum atomic E-state index is -0.0715.